The normalized spacial score (nSPS) is 40.1. The maximum Gasteiger partial charge on any atom is 0.00698 e. The Labute approximate surface area is 87.0 Å². The van der Waals surface area contributed by atoms with E-state index in [9.17, 15) is 0 Å². The molecule has 0 aromatic rings. The predicted molar refractivity (Wildman–Crippen MR) is 58.2 cm³/mol. The smallest absolute Gasteiger partial charge is 0.00698 e. The number of nitrogens with zero attached hydrogens (tertiary/aromatic N) is 1. The van der Waals surface area contributed by atoms with E-state index >= 15 is 0 Å². The highest BCUT2D eigenvalue weighted by Crippen LogP contribution is 2.36. The van der Waals surface area contributed by atoms with Gasteiger partial charge in [0.05, 0.1) is 0 Å². The molecule has 3 atom stereocenters. The molecule has 1 aliphatic carbocycles. The fourth-order valence-corrected chi connectivity index (χ4v) is 3.24. The van der Waals surface area contributed by atoms with Gasteiger partial charge in [-0.05, 0) is 44.2 Å². The molecule has 3 aliphatic rings. The van der Waals surface area contributed by atoms with Crippen LogP contribution in [0.25, 0.3) is 0 Å². The van der Waals surface area contributed by atoms with E-state index in [0.29, 0.717) is 0 Å². The molecule has 80 valence electrons. The highest BCUT2D eigenvalue weighted by molar-refractivity contribution is 4.93. The summed E-state index contributed by atoms with van der Waals surface area (Å²) in [5, 5.41) is 3.51. The number of nitrogens with one attached hydrogen (secondary N) is 1. The van der Waals surface area contributed by atoms with Crippen molar-refractivity contribution in [3.63, 3.8) is 0 Å². The molecule has 3 unspecified atom stereocenters. The first-order valence-corrected chi connectivity index (χ1v) is 6.27. The van der Waals surface area contributed by atoms with Gasteiger partial charge in [0, 0.05) is 19.1 Å². The van der Waals surface area contributed by atoms with Crippen LogP contribution in [0.15, 0.2) is 0 Å². The van der Waals surface area contributed by atoms with E-state index in [4.69, 9.17) is 0 Å². The molecule has 0 amide bonds. The molecule has 0 aromatic heterocycles. The van der Waals surface area contributed by atoms with E-state index in [1.807, 2.05) is 0 Å². The number of fused-ring (bicyclic) bond motifs is 1. The lowest BCUT2D eigenvalue weighted by Gasteiger charge is -2.25. The van der Waals surface area contributed by atoms with Crippen LogP contribution >= 0.6 is 0 Å². The molecule has 1 N–H and O–H groups in total. The van der Waals surface area contributed by atoms with Crippen molar-refractivity contribution in [2.45, 2.75) is 32.2 Å². The SMILES string of the molecule is CC(CC1CC1)N1CC2CNCC2C1. The van der Waals surface area contributed by atoms with Crippen molar-refractivity contribution in [1.82, 2.24) is 10.2 Å². The summed E-state index contributed by atoms with van der Waals surface area (Å²) in [6.07, 6.45) is 4.48. The number of rotatable bonds is 3. The molecule has 3 fully saturated rings. The molecule has 2 heteroatoms. The fourth-order valence-electron chi connectivity index (χ4n) is 3.24. The van der Waals surface area contributed by atoms with Gasteiger partial charge in [0.2, 0.25) is 0 Å². The van der Waals surface area contributed by atoms with Gasteiger partial charge in [0.15, 0.2) is 0 Å². The first-order valence-electron chi connectivity index (χ1n) is 6.27. The largest absolute Gasteiger partial charge is 0.316 e. The van der Waals surface area contributed by atoms with Crippen molar-refractivity contribution in [1.29, 1.82) is 0 Å². The Hall–Kier alpha value is -0.0800. The zero-order valence-electron chi connectivity index (χ0n) is 9.21. The lowest BCUT2D eigenvalue weighted by molar-refractivity contribution is 0.223. The van der Waals surface area contributed by atoms with Crippen LogP contribution in [-0.2, 0) is 0 Å². The number of likely N-dealkylation sites (tertiary alicyclic amines) is 1. The molecule has 2 nitrogen and oxygen atoms in total. The molecule has 2 saturated heterocycles. The summed E-state index contributed by atoms with van der Waals surface area (Å²) in [7, 11) is 0. The van der Waals surface area contributed by atoms with Crippen LogP contribution < -0.4 is 5.32 Å². The average molecular weight is 194 g/mol. The molecular weight excluding hydrogens is 172 g/mol. The van der Waals surface area contributed by atoms with Crippen LogP contribution in [0, 0.1) is 17.8 Å². The highest BCUT2D eigenvalue weighted by Gasteiger charge is 2.38. The summed E-state index contributed by atoms with van der Waals surface area (Å²) < 4.78 is 0. The molecule has 0 radical (unpaired) electrons. The molecule has 14 heavy (non-hydrogen) atoms. The molecule has 2 aliphatic heterocycles. The zero-order chi connectivity index (χ0) is 9.54. The molecule has 3 rings (SSSR count). The Kier molecular flexibility index (Phi) is 2.29. The Balaban J connectivity index is 1.53. The van der Waals surface area contributed by atoms with Crippen molar-refractivity contribution in [2.24, 2.45) is 17.8 Å². The van der Waals surface area contributed by atoms with Crippen molar-refractivity contribution in [3.8, 4) is 0 Å². The van der Waals surface area contributed by atoms with Crippen molar-refractivity contribution in [3.05, 3.63) is 0 Å². The Morgan fingerprint density at radius 2 is 1.86 bits per heavy atom. The van der Waals surface area contributed by atoms with Crippen molar-refractivity contribution < 1.29 is 0 Å². The van der Waals surface area contributed by atoms with Gasteiger partial charge in [-0.3, -0.25) is 4.90 Å². The van der Waals surface area contributed by atoms with Crippen LogP contribution in [0.1, 0.15) is 26.2 Å². The second-order valence-corrected chi connectivity index (χ2v) is 5.66. The van der Waals surface area contributed by atoms with Gasteiger partial charge in [-0.25, -0.2) is 0 Å². The number of hydrogen-bond acceptors (Lipinski definition) is 2. The minimum atomic E-state index is 0.855. The highest BCUT2D eigenvalue weighted by atomic mass is 15.2. The van der Waals surface area contributed by atoms with Crippen LogP contribution in [0.5, 0.6) is 0 Å². The summed E-state index contributed by atoms with van der Waals surface area (Å²) in [5.74, 6) is 3.02. The van der Waals surface area contributed by atoms with E-state index in [2.05, 4.69) is 17.1 Å². The first-order chi connectivity index (χ1) is 6.83. The van der Waals surface area contributed by atoms with Gasteiger partial charge in [-0.1, -0.05) is 12.8 Å². The van der Waals surface area contributed by atoms with Gasteiger partial charge < -0.3 is 5.32 Å². The van der Waals surface area contributed by atoms with E-state index in [1.165, 1.54) is 45.4 Å². The summed E-state index contributed by atoms with van der Waals surface area (Å²) in [5.41, 5.74) is 0. The number of hydrogen-bond donors (Lipinski definition) is 1. The third-order valence-electron chi connectivity index (χ3n) is 4.41. The van der Waals surface area contributed by atoms with Gasteiger partial charge in [-0.15, -0.1) is 0 Å². The minimum absolute atomic E-state index is 0.855. The van der Waals surface area contributed by atoms with Crippen molar-refractivity contribution in [2.75, 3.05) is 26.2 Å². The quantitative estimate of drug-likeness (QED) is 0.729. The second kappa shape index (κ2) is 3.49. The van der Waals surface area contributed by atoms with E-state index in [-0.39, 0.29) is 0 Å². The summed E-state index contributed by atoms with van der Waals surface area (Å²) in [4.78, 5) is 2.74. The summed E-state index contributed by atoms with van der Waals surface area (Å²) in [6, 6.07) is 0.855. The second-order valence-electron chi connectivity index (χ2n) is 5.66. The Morgan fingerprint density at radius 3 is 2.43 bits per heavy atom. The van der Waals surface area contributed by atoms with Crippen LogP contribution in [-0.4, -0.2) is 37.1 Å². The Bertz CT molecular complexity index is 200. The van der Waals surface area contributed by atoms with Crippen LogP contribution in [0.2, 0.25) is 0 Å². The van der Waals surface area contributed by atoms with Gasteiger partial charge >= 0.3 is 0 Å². The standard InChI is InChI=1S/C12H22N2/c1-9(4-10-2-3-10)14-7-11-5-13-6-12(11)8-14/h9-13H,2-8H2,1H3. The molecule has 0 bridgehead atoms. The van der Waals surface area contributed by atoms with Gasteiger partial charge in [-0.2, -0.15) is 0 Å². The van der Waals surface area contributed by atoms with Gasteiger partial charge in [0.1, 0.15) is 0 Å². The predicted octanol–water partition coefficient (Wildman–Crippen LogP) is 1.33. The van der Waals surface area contributed by atoms with Crippen LogP contribution in [0.3, 0.4) is 0 Å². The molecule has 1 saturated carbocycles. The van der Waals surface area contributed by atoms with Crippen molar-refractivity contribution >= 4 is 0 Å². The maximum absolute atomic E-state index is 3.51. The molecule has 0 spiro atoms. The Morgan fingerprint density at radius 1 is 1.21 bits per heavy atom. The molecule has 2 heterocycles. The lowest BCUT2D eigenvalue weighted by Crippen LogP contribution is -2.34. The lowest BCUT2D eigenvalue weighted by atomic mass is 10.0. The van der Waals surface area contributed by atoms with E-state index < -0.39 is 0 Å². The maximum atomic E-state index is 3.51. The monoisotopic (exact) mass is 194 g/mol. The van der Waals surface area contributed by atoms with Gasteiger partial charge in [0.25, 0.3) is 0 Å². The third kappa shape index (κ3) is 1.70. The van der Waals surface area contributed by atoms with E-state index in [1.54, 1.807) is 0 Å². The summed E-state index contributed by atoms with van der Waals surface area (Å²) in [6.45, 7) is 7.72. The van der Waals surface area contributed by atoms with E-state index in [0.717, 1.165) is 23.8 Å². The summed E-state index contributed by atoms with van der Waals surface area (Å²) >= 11 is 0. The average Bonchev–Trinajstić information content (AvgIpc) is 2.73. The topological polar surface area (TPSA) is 15.3 Å². The fraction of sp³-hybridized carbons (Fsp3) is 1.00. The first kappa shape index (κ1) is 9.17. The molecule has 0 aromatic carbocycles. The zero-order valence-corrected chi connectivity index (χ0v) is 9.21. The minimum Gasteiger partial charge on any atom is -0.316 e. The van der Waals surface area contributed by atoms with Crippen LogP contribution in [0.4, 0.5) is 0 Å². The molecular formula is C12H22N2. The third-order valence-corrected chi connectivity index (χ3v) is 4.41.